The third-order valence-electron chi connectivity index (χ3n) is 3.32. The average Bonchev–Trinajstić information content (AvgIpc) is 2.47. The van der Waals surface area contributed by atoms with Crippen LogP contribution in [0.25, 0.3) is 0 Å². The molecule has 3 nitrogen and oxygen atoms in total. The van der Waals surface area contributed by atoms with E-state index in [1.54, 1.807) is 5.82 Å². The average molecular weight is 330 g/mol. The van der Waals surface area contributed by atoms with Crippen LogP contribution in [0.5, 0.6) is 0 Å². The Morgan fingerprint density at radius 2 is 1.50 bits per heavy atom. The molecule has 0 unspecified atom stereocenters. The third-order valence-corrected chi connectivity index (χ3v) is 5.20. The molecule has 0 atom stereocenters. The van der Waals surface area contributed by atoms with E-state index in [4.69, 9.17) is 9.05 Å². The molecule has 0 aliphatic carbocycles. The zero-order chi connectivity index (χ0) is 16.7. The van der Waals surface area contributed by atoms with Gasteiger partial charge in [-0.1, -0.05) is 51.7 Å². The fourth-order valence-electron chi connectivity index (χ4n) is 2.19. The Balaban J connectivity index is 4.84. The Hall–Kier alpha value is -0.370. The maximum absolute atomic E-state index is 12.6. The van der Waals surface area contributed by atoms with E-state index in [0.29, 0.717) is 13.2 Å². The molecule has 0 saturated heterocycles. The van der Waals surface area contributed by atoms with Gasteiger partial charge < -0.3 is 9.05 Å². The molecule has 22 heavy (non-hydrogen) atoms. The highest BCUT2D eigenvalue weighted by molar-refractivity contribution is 7.57. The summed E-state index contributed by atoms with van der Waals surface area (Å²) < 4.78 is 23.4. The van der Waals surface area contributed by atoms with Crippen LogP contribution in [-0.2, 0) is 13.6 Å². The SMILES string of the molecule is CCCCC/C=C/C(=C/P(=O)(OCC)OCC)CCCCC. The second-order valence-corrected chi connectivity index (χ2v) is 7.29. The van der Waals surface area contributed by atoms with Crippen LogP contribution in [-0.4, -0.2) is 13.2 Å². The Morgan fingerprint density at radius 3 is 2.05 bits per heavy atom. The highest BCUT2D eigenvalue weighted by Gasteiger charge is 2.20. The van der Waals surface area contributed by atoms with Crippen LogP contribution >= 0.6 is 7.60 Å². The van der Waals surface area contributed by atoms with Crippen molar-refractivity contribution < 1.29 is 13.6 Å². The van der Waals surface area contributed by atoms with Gasteiger partial charge in [0.2, 0.25) is 0 Å². The van der Waals surface area contributed by atoms with Gasteiger partial charge in [-0.25, -0.2) is 0 Å². The molecule has 4 heteroatoms. The van der Waals surface area contributed by atoms with Gasteiger partial charge in [0.1, 0.15) is 0 Å². The molecule has 0 heterocycles. The van der Waals surface area contributed by atoms with Crippen LogP contribution < -0.4 is 0 Å². The molecule has 0 fully saturated rings. The standard InChI is InChI=1S/C18H35O3P/c1-5-9-11-12-14-16-18(15-13-10-6-2)17-22(19,20-7-3)21-8-4/h14,16-17H,5-13,15H2,1-4H3/b16-14+,18-17+. The molecule has 0 rings (SSSR count). The summed E-state index contributed by atoms with van der Waals surface area (Å²) in [6, 6.07) is 0. The molecule has 0 radical (unpaired) electrons. The molecule has 0 saturated carbocycles. The zero-order valence-corrected chi connectivity index (χ0v) is 15.9. The van der Waals surface area contributed by atoms with E-state index in [9.17, 15) is 4.57 Å². The van der Waals surface area contributed by atoms with E-state index in [1.807, 2.05) is 13.8 Å². The zero-order valence-electron chi connectivity index (χ0n) is 15.0. The van der Waals surface area contributed by atoms with Gasteiger partial charge in [0, 0.05) is 5.82 Å². The van der Waals surface area contributed by atoms with Crippen LogP contribution in [0, 0.1) is 0 Å². The number of allylic oxidation sites excluding steroid dienone is 3. The summed E-state index contributed by atoms with van der Waals surface area (Å²) in [5.41, 5.74) is 1.08. The van der Waals surface area contributed by atoms with E-state index >= 15 is 0 Å². The summed E-state index contributed by atoms with van der Waals surface area (Å²) in [4.78, 5) is 0. The van der Waals surface area contributed by atoms with Crippen molar-refractivity contribution in [3.8, 4) is 0 Å². The maximum Gasteiger partial charge on any atom is 0.354 e. The van der Waals surface area contributed by atoms with Crippen molar-refractivity contribution in [3.63, 3.8) is 0 Å². The first-order chi connectivity index (χ1) is 10.6. The van der Waals surface area contributed by atoms with Crippen molar-refractivity contribution in [1.29, 1.82) is 0 Å². The summed E-state index contributed by atoms with van der Waals surface area (Å²) in [6.45, 7) is 8.88. The molecule has 0 bridgehead atoms. The molecule has 130 valence electrons. The lowest BCUT2D eigenvalue weighted by molar-refractivity contribution is 0.228. The fourth-order valence-corrected chi connectivity index (χ4v) is 3.76. The molecule has 0 aliphatic rings. The summed E-state index contributed by atoms with van der Waals surface area (Å²) in [5.74, 6) is 1.73. The topological polar surface area (TPSA) is 35.5 Å². The summed E-state index contributed by atoms with van der Waals surface area (Å²) >= 11 is 0. The monoisotopic (exact) mass is 330 g/mol. The van der Waals surface area contributed by atoms with Crippen molar-refractivity contribution in [2.45, 2.75) is 79.1 Å². The van der Waals surface area contributed by atoms with Crippen molar-refractivity contribution in [3.05, 3.63) is 23.5 Å². The number of rotatable bonds is 14. The highest BCUT2D eigenvalue weighted by Crippen LogP contribution is 2.51. The van der Waals surface area contributed by atoms with E-state index < -0.39 is 7.60 Å². The Morgan fingerprint density at radius 1 is 0.909 bits per heavy atom. The first-order valence-electron chi connectivity index (χ1n) is 8.88. The van der Waals surface area contributed by atoms with Crippen molar-refractivity contribution in [2.75, 3.05) is 13.2 Å². The number of unbranched alkanes of at least 4 members (excludes halogenated alkanes) is 5. The van der Waals surface area contributed by atoms with Gasteiger partial charge in [0.25, 0.3) is 0 Å². The van der Waals surface area contributed by atoms with Crippen molar-refractivity contribution >= 4 is 7.60 Å². The maximum atomic E-state index is 12.6. The molecule has 0 aromatic heterocycles. The molecule has 0 amide bonds. The first kappa shape index (κ1) is 21.6. The van der Waals surface area contributed by atoms with Gasteiger partial charge in [0.05, 0.1) is 13.2 Å². The summed E-state index contributed by atoms with van der Waals surface area (Å²) in [7, 11) is -3.10. The van der Waals surface area contributed by atoms with E-state index in [1.165, 1.54) is 32.1 Å². The van der Waals surface area contributed by atoms with Crippen molar-refractivity contribution in [2.24, 2.45) is 0 Å². The van der Waals surface area contributed by atoms with Gasteiger partial charge in [-0.3, -0.25) is 4.57 Å². The lowest BCUT2D eigenvalue weighted by atomic mass is 10.1. The Bertz CT molecular complexity index is 351. The van der Waals surface area contributed by atoms with Crippen LogP contribution in [0.1, 0.15) is 79.1 Å². The Kier molecular flexibility index (Phi) is 14.0. The van der Waals surface area contributed by atoms with Gasteiger partial charge in [-0.2, -0.15) is 0 Å². The molecule has 0 aromatic rings. The molecule has 0 spiro atoms. The van der Waals surface area contributed by atoms with Crippen LogP contribution in [0.3, 0.4) is 0 Å². The normalized spacial score (nSPS) is 13.2. The van der Waals surface area contributed by atoms with Crippen LogP contribution in [0.4, 0.5) is 0 Å². The number of hydrogen-bond acceptors (Lipinski definition) is 3. The van der Waals surface area contributed by atoms with Crippen LogP contribution in [0.15, 0.2) is 23.5 Å². The van der Waals surface area contributed by atoms with Gasteiger partial charge in [0.15, 0.2) is 0 Å². The minimum Gasteiger partial charge on any atom is -0.306 e. The van der Waals surface area contributed by atoms with E-state index in [0.717, 1.165) is 24.8 Å². The molecular weight excluding hydrogens is 295 g/mol. The van der Waals surface area contributed by atoms with Crippen molar-refractivity contribution in [1.82, 2.24) is 0 Å². The predicted octanol–water partition coefficient (Wildman–Crippen LogP) is 6.85. The first-order valence-corrected chi connectivity index (χ1v) is 10.5. The minimum absolute atomic E-state index is 0.399. The van der Waals surface area contributed by atoms with E-state index in [-0.39, 0.29) is 0 Å². The second kappa shape index (κ2) is 14.2. The molecule has 0 aromatic carbocycles. The van der Waals surface area contributed by atoms with Gasteiger partial charge in [-0.05, 0) is 45.1 Å². The second-order valence-electron chi connectivity index (χ2n) is 5.43. The Labute approximate surface area is 137 Å². The summed E-state index contributed by atoms with van der Waals surface area (Å²) in [6.07, 6.45) is 13.5. The predicted molar refractivity (Wildman–Crippen MR) is 96.4 cm³/mol. The molecule has 0 N–H and O–H groups in total. The lowest BCUT2D eigenvalue weighted by Gasteiger charge is -2.14. The summed E-state index contributed by atoms with van der Waals surface area (Å²) in [5, 5.41) is 0. The van der Waals surface area contributed by atoms with E-state index in [2.05, 4.69) is 26.0 Å². The lowest BCUT2D eigenvalue weighted by Crippen LogP contribution is -1.94. The third kappa shape index (κ3) is 11.2. The quantitative estimate of drug-likeness (QED) is 0.198. The van der Waals surface area contributed by atoms with Gasteiger partial charge in [-0.15, -0.1) is 0 Å². The van der Waals surface area contributed by atoms with Gasteiger partial charge >= 0.3 is 7.60 Å². The number of hydrogen-bond donors (Lipinski definition) is 0. The van der Waals surface area contributed by atoms with Crippen LogP contribution in [0.2, 0.25) is 0 Å². The highest BCUT2D eigenvalue weighted by atomic mass is 31.2. The molecule has 0 aliphatic heterocycles. The molecular formula is C18H35O3P. The minimum atomic E-state index is -3.10. The fraction of sp³-hybridized carbons (Fsp3) is 0.778. The largest absolute Gasteiger partial charge is 0.354 e. The smallest absolute Gasteiger partial charge is 0.306 e.